The Hall–Kier alpha value is -1.56. The third-order valence-electron chi connectivity index (χ3n) is 4.89. The first-order valence-corrected chi connectivity index (χ1v) is 8.89. The van der Waals surface area contributed by atoms with Crippen LogP contribution >= 0.6 is 0 Å². The zero-order chi connectivity index (χ0) is 18.4. The molecule has 2 fully saturated rings. The van der Waals surface area contributed by atoms with E-state index in [4.69, 9.17) is 0 Å². The third-order valence-corrected chi connectivity index (χ3v) is 4.89. The Bertz CT molecular complexity index is 535. The van der Waals surface area contributed by atoms with E-state index in [1.807, 2.05) is 11.8 Å². The summed E-state index contributed by atoms with van der Waals surface area (Å²) in [6, 6.07) is 7.54. The Labute approximate surface area is 147 Å². The van der Waals surface area contributed by atoms with Gasteiger partial charge in [-0.3, -0.25) is 4.79 Å². The highest BCUT2D eigenvalue weighted by Crippen LogP contribution is 2.34. The molecular weight excluding hydrogens is 329 g/mol. The van der Waals surface area contributed by atoms with Gasteiger partial charge in [0.15, 0.2) is 0 Å². The number of aryl methyl sites for hydroxylation is 1. The van der Waals surface area contributed by atoms with Crippen LogP contribution in [0, 0.1) is 6.92 Å². The van der Waals surface area contributed by atoms with Crippen LogP contribution in [-0.2, 0) is 4.79 Å². The van der Waals surface area contributed by atoms with Gasteiger partial charge in [-0.2, -0.15) is 13.2 Å². The number of alkyl halides is 3. The molecule has 1 aromatic carbocycles. The van der Waals surface area contributed by atoms with Gasteiger partial charge in [-0.25, -0.2) is 0 Å². The van der Waals surface area contributed by atoms with Gasteiger partial charge < -0.3 is 10.2 Å². The molecular formula is C19H27F3N2O. The predicted molar refractivity (Wildman–Crippen MR) is 92.5 cm³/mol. The molecule has 1 amide bonds. The van der Waals surface area contributed by atoms with Crippen LogP contribution < -0.4 is 5.32 Å². The minimum absolute atomic E-state index is 0.318. The van der Waals surface area contributed by atoms with Crippen LogP contribution in [-0.4, -0.2) is 42.7 Å². The molecule has 0 aromatic heterocycles. The summed E-state index contributed by atoms with van der Waals surface area (Å²) in [6.07, 6.45) is 1.62. The minimum Gasteiger partial charge on any atom is -0.339 e. The first-order chi connectivity index (χ1) is 11.8. The second-order valence-electron chi connectivity index (χ2n) is 6.94. The maximum Gasteiger partial charge on any atom is 0.395 e. The molecule has 1 aromatic rings. The molecule has 25 heavy (non-hydrogen) atoms. The molecule has 1 aliphatic heterocycles. The number of piperidine rings is 1. The highest BCUT2D eigenvalue weighted by Gasteiger charge is 2.36. The van der Waals surface area contributed by atoms with Crippen molar-refractivity contribution in [3.05, 3.63) is 35.4 Å². The molecule has 0 radical (unpaired) electrons. The molecule has 2 aliphatic rings. The lowest BCUT2D eigenvalue weighted by atomic mass is 10.00. The SMILES string of the molecule is Cc1ccc(C(C)C(F)(F)F)cc1.O=CN(C1CCNCC1)C1CC1. The van der Waals surface area contributed by atoms with Gasteiger partial charge in [-0.1, -0.05) is 29.8 Å². The highest BCUT2D eigenvalue weighted by atomic mass is 19.4. The maximum absolute atomic E-state index is 12.2. The molecule has 1 heterocycles. The summed E-state index contributed by atoms with van der Waals surface area (Å²) in [5.74, 6) is -1.38. The number of rotatable bonds is 4. The highest BCUT2D eigenvalue weighted by molar-refractivity contribution is 5.49. The fraction of sp³-hybridized carbons (Fsp3) is 0.632. The molecule has 3 rings (SSSR count). The van der Waals surface area contributed by atoms with Crippen LogP contribution in [0.15, 0.2) is 24.3 Å². The number of halogens is 3. The van der Waals surface area contributed by atoms with Crippen LogP contribution in [0.25, 0.3) is 0 Å². The third kappa shape index (κ3) is 6.03. The standard InChI is InChI=1S/C10H11F3.C9H16N2O/c1-7-3-5-9(6-4-7)8(2)10(11,12)13;12-7-11(8-1-2-8)9-3-5-10-6-4-9/h3-6,8H,1-2H3;7-10H,1-6H2. The van der Waals surface area contributed by atoms with Crippen molar-refractivity contribution in [2.45, 2.75) is 63.7 Å². The average molecular weight is 356 g/mol. The van der Waals surface area contributed by atoms with E-state index in [9.17, 15) is 18.0 Å². The Balaban J connectivity index is 0.000000181. The molecule has 1 unspecified atom stereocenters. The lowest BCUT2D eigenvalue weighted by Crippen LogP contribution is -2.43. The number of carbonyl (C=O) groups is 1. The summed E-state index contributed by atoms with van der Waals surface area (Å²) in [5, 5.41) is 3.31. The molecule has 0 spiro atoms. The van der Waals surface area contributed by atoms with Crippen molar-refractivity contribution < 1.29 is 18.0 Å². The normalized spacial score (nSPS) is 19.6. The van der Waals surface area contributed by atoms with Crippen molar-refractivity contribution in [3.63, 3.8) is 0 Å². The summed E-state index contributed by atoms with van der Waals surface area (Å²) in [5.41, 5.74) is 1.29. The van der Waals surface area contributed by atoms with E-state index in [-0.39, 0.29) is 0 Å². The van der Waals surface area contributed by atoms with E-state index in [1.54, 1.807) is 12.1 Å². The van der Waals surface area contributed by atoms with Crippen LogP contribution in [0.3, 0.4) is 0 Å². The number of hydrogen-bond acceptors (Lipinski definition) is 2. The van der Waals surface area contributed by atoms with E-state index in [1.165, 1.54) is 31.9 Å². The fourth-order valence-electron chi connectivity index (χ4n) is 2.99. The van der Waals surface area contributed by atoms with Gasteiger partial charge in [0, 0.05) is 12.1 Å². The molecule has 1 saturated carbocycles. The average Bonchev–Trinajstić information content (AvgIpc) is 3.41. The quantitative estimate of drug-likeness (QED) is 0.827. The Morgan fingerprint density at radius 1 is 1.08 bits per heavy atom. The topological polar surface area (TPSA) is 32.3 Å². The zero-order valence-corrected chi connectivity index (χ0v) is 14.9. The largest absolute Gasteiger partial charge is 0.395 e. The van der Waals surface area contributed by atoms with Crippen molar-refractivity contribution in [1.29, 1.82) is 0 Å². The molecule has 6 heteroatoms. The summed E-state index contributed by atoms with van der Waals surface area (Å²) in [4.78, 5) is 12.8. The van der Waals surface area contributed by atoms with Crippen LogP contribution in [0.4, 0.5) is 13.2 Å². The lowest BCUT2D eigenvalue weighted by molar-refractivity contribution is -0.146. The number of nitrogens with one attached hydrogen (secondary N) is 1. The predicted octanol–water partition coefficient (Wildman–Crippen LogP) is 4.02. The number of carbonyl (C=O) groups excluding carboxylic acids is 1. The molecule has 1 N–H and O–H groups in total. The summed E-state index contributed by atoms with van der Waals surface area (Å²) in [7, 11) is 0. The van der Waals surface area contributed by atoms with E-state index < -0.39 is 12.1 Å². The molecule has 0 bridgehead atoms. The molecule has 3 nitrogen and oxygen atoms in total. The minimum atomic E-state index is -4.14. The van der Waals surface area contributed by atoms with Crippen molar-refractivity contribution in [1.82, 2.24) is 10.2 Å². The van der Waals surface area contributed by atoms with Gasteiger partial charge in [0.05, 0.1) is 5.92 Å². The van der Waals surface area contributed by atoms with Gasteiger partial charge in [0.25, 0.3) is 0 Å². The molecule has 140 valence electrons. The van der Waals surface area contributed by atoms with E-state index in [2.05, 4.69) is 5.32 Å². The molecule has 1 atom stereocenters. The number of amides is 1. The van der Waals surface area contributed by atoms with Gasteiger partial charge >= 0.3 is 6.18 Å². The van der Waals surface area contributed by atoms with Crippen molar-refractivity contribution in [2.24, 2.45) is 0 Å². The number of hydrogen-bond donors (Lipinski definition) is 1. The van der Waals surface area contributed by atoms with Gasteiger partial charge in [-0.05, 0) is 58.2 Å². The monoisotopic (exact) mass is 356 g/mol. The van der Waals surface area contributed by atoms with Crippen LogP contribution in [0.2, 0.25) is 0 Å². The second kappa shape index (κ2) is 8.70. The first kappa shape index (κ1) is 19.8. The van der Waals surface area contributed by atoms with Crippen molar-refractivity contribution in [2.75, 3.05) is 13.1 Å². The lowest BCUT2D eigenvalue weighted by Gasteiger charge is -2.31. The van der Waals surface area contributed by atoms with Crippen LogP contribution in [0.1, 0.15) is 49.7 Å². The second-order valence-corrected chi connectivity index (χ2v) is 6.94. The zero-order valence-electron chi connectivity index (χ0n) is 14.9. The van der Waals surface area contributed by atoms with E-state index >= 15 is 0 Å². The van der Waals surface area contributed by atoms with E-state index in [0.29, 0.717) is 17.6 Å². The van der Waals surface area contributed by atoms with Crippen LogP contribution in [0.5, 0.6) is 0 Å². The van der Waals surface area contributed by atoms with Gasteiger partial charge in [-0.15, -0.1) is 0 Å². The van der Waals surface area contributed by atoms with Crippen molar-refractivity contribution in [3.8, 4) is 0 Å². The molecule has 1 saturated heterocycles. The van der Waals surface area contributed by atoms with Gasteiger partial charge in [0.2, 0.25) is 6.41 Å². The summed E-state index contributed by atoms with van der Waals surface area (Å²) < 4.78 is 36.7. The summed E-state index contributed by atoms with van der Waals surface area (Å²) >= 11 is 0. The molecule has 1 aliphatic carbocycles. The Morgan fingerprint density at radius 3 is 2.04 bits per heavy atom. The Morgan fingerprint density at radius 2 is 1.60 bits per heavy atom. The van der Waals surface area contributed by atoms with E-state index in [0.717, 1.165) is 37.9 Å². The van der Waals surface area contributed by atoms with Gasteiger partial charge in [0.1, 0.15) is 0 Å². The van der Waals surface area contributed by atoms with Crippen molar-refractivity contribution >= 4 is 6.41 Å². The smallest absolute Gasteiger partial charge is 0.339 e. The fourth-order valence-corrected chi connectivity index (χ4v) is 2.99. The number of benzene rings is 1. The maximum atomic E-state index is 12.2. The first-order valence-electron chi connectivity index (χ1n) is 8.89. The number of nitrogens with zero attached hydrogens (tertiary/aromatic N) is 1. The Kier molecular flexibility index (Phi) is 6.87. The summed E-state index contributed by atoms with van der Waals surface area (Å²) in [6.45, 7) is 5.16.